The number of hydrogen-bond acceptors (Lipinski definition) is 4. The van der Waals surface area contributed by atoms with E-state index in [1.807, 2.05) is 0 Å². The fraction of sp³-hybridized carbons (Fsp3) is 0.800. The number of carbonyl (C=O) groups excluding carboxylic acids is 1. The van der Waals surface area contributed by atoms with Crippen molar-refractivity contribution < 1.29 is 19.4 Å². The van der Waals surface area contributed by atoms with Gasteiger partial charge >= 0.3 is 5.97 Å². The maximum atomic E-state index is 11.8. The van der Waals surface area contributed by atoms with Crippen LogP contribution in [-0.2, 0) is 14.3 Å². The standard InChI is InChI=1S/C10H18N2O4/c1-16-6-8(11)9(13)12-4-2-3-7(5-12)10(14)15/h7-8H,2-6,11H2,1H3,(H,14,15). The lowest BCUT2D eigenvalue weighted by atomic mass is 9.98. The van der Waals surface area contributed by atoms with Crippen molar-refractivity contribution in [2.75, 3.05) is 26.8 Å². The summed E-state index contributed by atoms with van der Waals surface area (Å²) >= 11 is 0. The molecule has 0 aliphatic carbocycles. The third-order valence-electron chi connectivity index (χ3n) is 2.75. The number of carboxylic acid groups (broad SMARTS) is 1. The first kappa shape index (κ1) is 12.9. The molecule has 3 N–H and O–H groups in total. The van der Waals surface area contributed by atoms with Crippen LogP contribution in [0.3, 0.4) is 0 Å². The predicted octanol–water partition coefficient (Wildman–Crippen LogP) is -0.717. The van der Waals surface area contributed by atoms with Crippen molar-refractivity contribution in [3.8, 4) is 0 Å². The maximum Gasteiger partial charge on any atom is 0.308 e. The molecule has 2 atom stereocenters. The van der Waals surface area contributed by atoms with Crippen LogP contribution >= 0.6 is 0 Å². The molecule has 0 aromatic heterocycles. The smallest absolute Gasteiger partial charge is 0.308 e. The predicted molar refractivity (Wildman–Crippen MR) is 56.8 cm³/mol. The highest BCUT2D eigenvalue weighted by atomic mass is 16.5. The number of likely N-dealkylation sites (tertiary alicyclic amines) is 1. The first-order valence-electron chi connectivity index (χ1n) is 5.32. The maximum absolute atomic E-state index is 11.8. The Kier molecular flexibility index (Phi) is 4.70. The number of hydrogen-bond donors (Lipinski definition) is 2. The second-order valence-corrected chi connectivity index (χ2v) is 4.02. The molecule has 0 radical (unpaired) electrons. The summed E-state index contributed by atoms with van der Waals surface area (Å²) in [6, 6.07) is -0.697. The molecular weight excluding hydrogens is 212 g/mol. The van der Waals surface area contributed by atoms with E-state index in [0.29, 0.717) is 19.4 Å². The molecular formula is C10H18N2O4. The molecule has 2 unspecified atom stereocenters. The van der Waals surface area contributed by atoms with Crippen LogP contribution in [-0.4, -0.2) is 54.7 Å². The summed E-state index contributed by atoms with van der Waals surface area (Å²) in [5.74, 6) is -1.54. The highest BCUT2D eigenvalue weighted by Gasteiger charge is 2.30. The van der Waals surface area contributed by atoms with E-state index < -0.39 is 17.9 Å². The third-order valence-corrected chi connectivity index (χ3v) is 2.75. The normalized spacial score (nSPS) is 22.9. The summed E-state index contributed by atoms with van der Waals surface area (Å²) in [4.78, 5) is 24.1. The van der Waals surface area contributed by atoms with Gasteiger partial charge in [0.05, 0.1) is 12.5 Å². The number of nitrogens with two attached hydrogens (primary N) is 1. The fourth-order valence-electron chi connectivity index (χ4n) is 1.86. The lowest BCUT2D eigenvalue weighted by Crippen LogP contribution is -2.50. The van der Waals surface area contributed by atoms with Crippen LogP contribution in [0, 0.1) is 5.92 Å². The summed E-state index contributed by atoms with van der Waals surface area (Å²) in [6.07, 6.45) is 1.33. The molecule has 16 heavy (non-hydrogen) atoms. The van der Waals surface area contributed by atoms with Gasteiger partial charge in [-0.3, -0.25) is 9.59 Å². The Morgan fingerprint density at radius 2 is 2.31 bits per heavy atom. The molecule has 0 saturated carbocycles. The average molecular weight is 230 g/mol. The molecule has 1 heterocycles. The molecule has 0 aromatic rings. The van der Waals surface area contributed by atoms with Gasteiger partial charge in [-0.2, -0.15) is 0 Å². The van der Waals surface area contributed by atoms with Gasteiger partial charge in [0.2, 0.25) is 5.91 Å². The fourth-order valence-corrected chi connectivity index (χ4v) is 1.86. The van der Waals surface area contributed by atoms with Crippen LogP contribution in [0.25, 0.3) is 0 Å². The van der Waals surface area contributed by atoms with E-state index in [2.05, 4.69) is 0 Å². The van der Waals surface area contributed by atoms with Crippen molar-refractivity contribution in [2.24, 2.45) is 11.7 Å². The number of carbonyl (C=O) groups is 2. The van der Waals surface area contributed by atoms with Gasteiger partial charge in [0.15, 0.2) is 0 Å². The van der Waals surface area contributed by atoms with Crippen molar-refractivity contribution in [3.05, 3.63) is 0 Å². The minimum atomic E-state index is -0.849. The first-order chi connectivity index (χ1) is 7.56. The molecule has 6 heteroatoms. The van der Waals surface area contributed by atoms with Gasteiger partial charge in [0.25, 0.3) is 0 Å². The average Bonchev–Trinajstić information content (AvgIpc) is 2.28. The van der Waals surface area contributed by atoms with Crippen molar-refractivity contribution in [1.29, 1.82) is 0 Å². The topological polar surface area (TPSA) is 92.9 Å². The molecule has 1 aliphatic heterocycles. The summed E-state index contributed by atoms with van der Waals surface area (Å²) in [5, 5.41) is 8.89. The zero-order chi connectivity index (χ0) is 12.1. The number of aliphatic carboxylic acids is 1. The summed E-state index contributed by atoms with van der Waals surface area (Å²) in [5.41, 5.74) is 5.62. The Labute approximate surface area is 94.3 Å². The van der Waals surface area contributed by atoms with E-state index in [0.717, 1.165) is 0 Å². The quantitative estimate of drug-likeness (QED) is 0.665. The Hall–Kier alpha value is -1.14. The van der Waals surface area contributed by atoms with Crippen LogP contribution in [0.1, 0.15) is 12.8 Å². The Bertz CT molecular complexity index is 270. The summed E-state index contributed by atoms with van der Waals surface area (Å²) < 4.78 is 4.80. The van der Waals surface area contributed by atoms with E-state index in [9.17, 15) is 9.59 Å². The molecule has 6 nitrogen and oxygen atoms in total. The monoisotopic (exact) mass is 230 g/mol. The minimum absolute atomic E-state index is 0.160. The highest BCUT2D eigenvalue weighted by molar-refractivity contribution is 5.82. The van der Waals surface area contributed by atoms with Crippen LogP contribution in [0.15, 0.2) is 0 Å². The van der Waals surface area contributed by atoms with Crippen molar-refractivity contribution in [1.82, 2.24) is 4.90 Å². The first-order valence-corrected chi connectivity index (χ1v) is 5.32. The van der Waals surface area contributed by atoms with Gasteiger partial charge in [-0.25, -0.2) is 0 Å². The number of carboxylic acids is 1. The van der Waals surface area contributed by atoms with Gasteiger partial charge in [-0.05, 0) is 12.8 Å². The van der Waals surface area contributed by atoms with E-state index in [4.69, 9.17) is 15.6 Å². The number of piperidine rings is 1. The van der Waals surface area contributed by atoms with Gasteiger partial charge in [-0.1, -0.05) is 0 Å². The van der Waals surface area contributed by atoms with Gasteiger partial charge in [-0.15, -0.1) is 0 Å². The number of nitrogens with zero attached hydrogens (tertiary/aromatic N) is 1. The zero-order valence-electron chi connectivity index (χ0n) is 9.39. The molecule has 1 aliphatic rings. The molecule has 1 fully saturated rings. The van der Waals surface area contributed by atoms with E-state index in [1.54, 1.807) is 0 Å². The molecule has 0 aromatic carbocycles. The van der Waals surface area contributed by atoms with E-state index >= 15 is 0 Å². The lowest BCUT2D eigenvalue weighted by Gasteiger charge is -2.32. The minimum Gasteiger partial charge on any atom is -0.481 e. The summed E-state index contributed by atoms with van der Waals surface area (Å²) in [7, 11) is 1.48. The van der Waals surface area contributed by atoms with Crippen molar-refractivity contribution in [3.63, 3.8) is 0 Å². The highest BCUT2D eigenvalue weighted by Crippen LogP contribution is 2.17. The Balaban J connectivity index is 2.53. The molecule has 92 valence electrons. The number of methoxy groups -OCH3 is 1. The number of ether oxygens (including phenoxy) is 1. The Morgan fingerprint density at radius 3 is 2.88 bits per heavy atom. The SMILES string of the molecule is COCC(N)C(=O)N1CCCC(C(=O)O)C1. The van der Waals surface area contributed by atoms with Gasteiger partial charge in [0.1, 0.15) is 6.04 Å². The van der Waals surface area contributed by atoms with Crippen LogP contribution in [0.5, 0.6) is 0 Å². The van der Waals surface area contributed by atoms with Gasteiger partial charge < -0.3 is 20.5 Å². The van der Waals surface area contributed by atoms with E-state index in [1.165, 1.54) is 12.0 Å². The number of amides is 1. The van der Waals surface area contributed by atoms with Crippen molar-refractivity contribution >= 4 is 11.9 Å². The van der Waals surface area contributed by atoms with Gasteiger partial charge in [0, 0.05) is 20.2 Å². The lowest BCUT2D eigenvalue weighted by molar-refractivity contribution is -0.146. The van der Waals surface area contributed by atoms with Crippen LogP contribution < -0.4 is 5.73 Å². The van der Waals surface area contributed by atoms with Crippen molar-refractivity contribution in [2.45, 2.75) is 18.9 Å². The largest absolute Gasteiger partial charge is 0.481 e. The summed E-state index contributed by atoms with van der Waals surface area (Å²) in [6.45, 7) is 0.999. The second kappa shape index (κ2) is 5.81. The van der Waals surface area contributed by atoms with Crippen LogP contribution in [0.2, 0.25) is 0 Å². The van der Waals surface area contributed by atoms with E-state index in [-0.39, 0.29) is 19.1 Å². The molecule has 1 saturated heterocycles. The molecule has 1 rings (SSSR count). The van der Waals surface area contributed by atoms with Crippen LogP contribution in [0.4, 0.5) is 0 Å². The number of rotatable bonds is 4. The Morgan fingerprint density at radius 1 is 1.62 bits per heavy atom. The zero-order valence-corrected chi connectivity index (χ0v) is 9.39. The molecule has 1 amide bonds. The molecule has 0 bridgehead atoms. The third kappa shape index (κ3) is 3.18. The second-order valence-electron chi connectivity index (χ2n) is 4.02. The molecule has 0 spiro atoms.